The minimum Gasteiger partial charge on any atom is -0.462 e. The second-order valence-corrected chi connectivity index (χ2v) is 17.4. The maximum Gasteiger partial charge on any atom is 0.472 e. The first-order valence-electron chi connectivity index (χ1n) is 22.1. The van der Waals surface area contributed by atoms with Gasteiger partial charge in [-0.05, 0) is 70.6 Å². The van der Waals surface area contributed by atoms with Gasteiger partial charge in [0.2, 0.25) is 0 Å². The van der Waals surface area contributed by atoms with Crippen molar-refractivity contribution in [3.8, 4) is 0 Å². The molecule has 57 heavy (non-hydrogen) atoms. The second-order valence-electron chi connectivity index (χ2n) is 15.9. The van der Waals surface area contributed by atoms with Crippen molar-refractivity contribution >= 4 is 19.8 Å². The molecule has 1 unspecified atom stereocenters. The van der Waals surface area contributed by atoms with Gasteiger partial charge in [-0.15, -0.1) is 0 Å². The van der Waals surface area contributed by atoms with E-state index >= 15 is 0 Å². The van der Waals surface area contributed by atoms with E-state index in [4.69, 9.17) is 18.5 Å². The summed E-state index contributed by atoms with van der Waals surface area (Å²) in [6.45, 7) is 4.21. The Balaban J connectivity index is 4.53. The molecule has 0 aliphatic rings. The number of rotatable bonds is 39. The average Bonchev–Trinajstić information content (AvgIpc) is 3.15. The molecule has 330 valence electrons. The summed E-state index contributed by atoms with van der Waals surface area (Å²) in [6.07, 6.45) is 41.5. The lowest BCUT2D eigenvalue weighted by Gasteiger charge is -2.24. The Kier molecular flexibility index (Phi) is 36.4. The fraction of sp³-hybridized carbons (Fsp3) is 0.739. The summed E-state index contributed by atoms with van der Waals surface area (Å²) >= 11 is 0. The Bertz CT molecular complexity index is 1170. The number of ether oxygens (including phenoxy) is 2. The highest BCUT2D eigenvalue weighted by atomic mass is 31.2. The molecular formula is C46H83NO9P+. The number of carbonyl (C=O) groups excluding carboxylic acids is 2. The van der Waals surface area contributed by atoms with E-state index in [9.17, 15) is 24.2 Å². The van der Waals surface area contributed by atoms with E-state index in [1.807, 2.05) is 57.6 Å². The molecule has 0 aromatic rings. The Morgan fingerprint density at radius 3 is 1.84 bits per heavy atom. The lowest BCUT2D eigenvalue weighted by atomic mass is 10.1. The molecule has 0 aromatic carbocycles. The molecule has 0 aliphatic carbocycles. The van der Waals surface area contributed by atoms with Crippen LogP contribution >= 0.6 is 7.82 Å². The molecule has 0 spiro atoms. The van der Waals surface area contributed by atoms with Crippen molar-refractivity contribution in [2.75, 3.05) is 47.5 Å². The van der Waals surface area contributed by atoms with Crippen LogP contribution in [0.1, 0.15) is 162 Å². The van der Waals surface area contributed by atoms with Gasteiger partial charge in [0.1, 0.15) is 19.8 Å². The van der Waals surface area contributed by atoms with E-state index in [0.29, 0.717) is 36.7 Å². The van der Waals surface area contributed by atoms with Crippen LogP contribution in [0.2, 0.25) is 0 Å². The first kappa shape index (κ1) is 54.7. The van der Waals surface area contributed by atoms with Crippen LogP contribution < -0.4 is 0 Å². The Morgan fingerprint density at radius 2 is 1.18 bits per heavy atom. The number of allylic oxidation sites excluding steroid dienone is 8. The smallest absolute Gasteiger partial charge is 0.462 e. The number of phosphoric ester groups is 1. The Hall–Kier alpha value is -2.33. The standard InChI is InChI=1S/C46H82NO9P/c1-6-8-10-12-14-15-16-17-18-19-20-21-26-30-34-38-46(50)56-44(42-55-57(51,52)54-40-39-47(3,4)5)41-53-45(49)37-33-29-25-23-22-24-28-32-36-43(48)35-31-27-13-11-9-7-2/h15-16,23-25,27-28,31-32,36,43-44,48H,6-14,17-22,26,29-30,33-35,37-42H2,1-5H3/p+1/b16-15-,25-23-,28-24-,31-27-,36-32+/t43-,44-/m1/s1. The molecule has 3 atom stereocenters. The zero-order chi connectivity index (χ0) is 42.3. The lowest BCUT2D eigenvalue weighted by molar-refractivity contribution is -0.870. The number of quaternary nitrogens is 1. The van der Waals surface area contributed by atoms with Gasteiger partial charge in [-0.1, -0.05) is 139 Å². The number of phosphoric acid groups is 1. The molecule has 0 aliphatic heterocycles. The Morgan fingerprint density at radius 1 is 0.632 bits per heavy atom. The number of aliphatic hydroxyl groups is 1. The number of nitrogens with zero attached hydrogens (tertiary/aromatic N) is 1. The van der Waals surface area contributed by atoms with Gasteiger partial charge < -0.3 is 24.0 Å². The van der Waals surface area contributed by atoms with Gasteiger partial charge >= 0.3 is 19.8 Å². The monoisotopic (exact) mass is 825 g/mol. The molecule has 2 N–H and O–H groups in total. The SMILES string of the molecule is CCCCC/C=C\C[C@@H](O)/C=C/C=C\C/C=C\CCCC(=O)OC[C@H](COP(=O)(O)OCC[N+](C)(C)C)OC(=O)CCCCCCCCC/C=C\CCCCCC. The number of carbonyl (C=O) groups is 2. The molecule has 0 bridgehead atoms. The molecule has 0 radical (unpaired) electrons. The third kappa shape index (κ3) is 41.6. The summed E-state index contributed by atoms with van der Waals surface area (Å²) in [4.78, 5) is 35.3. The van der Waals surface area contributed by atoms with Gasteiger partial charge in [0.15, 0.2) is 6.10 Å². The number of esters is 2. The molecule has 0 amide bonds. The van der Waals surface area contributed by atoms with Crippen molar-refractivity contribution in [3.63, 3.8) is 0 Å². The normalized spacial score (nSPS) is 14.7. The zero-order valence-electron chi connectivity index (χ0n) is 36.7. The highest BCUT2D eigenvalue weighted by Gasteiger charge is 2.27. The molecule has 10 nitrogen and oxygen atoms in total. The van der Waals surface area contributed by atoms with E-state index in [1.165, 1.54) is 70.6 Å². The Labute approximate surface area is 348 Å². The van der Waals surface area contributed by atoms with E-state index in [2.05, 4.69) is 32.1 Å². The van der Waals surface area contributed by atoms with Gasteiger partial charge in [-0.25, -0.2) is 4.57 Å². The highest BCUT2D eigenvalue weighted by Crippen LogP contribution is 2.43. The molecule has 0 aromatic heterocycles. The van der Waals surface area contributed by atoms with Crippen LogP contribution in [0.3, 0.4) is 0 Å². The van der Waals surface area contributed by atoms with Crippen molar-refractivity contribution in [2.45, 2.75) is 174 Å². The van der Waals surface area contributed by atoms with E-state index in [0.717, 1.165) is 38.5 Å². The largest absolute Gasteiger partial charge is 0.472 e. The van der Waals surface area contributed by atoms with Gasteiger partial charge in [-0.3, -0.25) is 18.6 Å². The van der Waals surface area contributed by atoms with Crippen LogP contribution in [-0.2, 0) is 32.7 Å². The first-order chi connectivity index (χ1) is 27.4. The number of unbranched alkanes of at least 4 members (excludes halogenated alkanes) is 15. The quantitative estimate of drug-likeness (QED) is 0.0155. The van der Waals surface area contributed by atoms with Crippen molar-refractivity contribution in [1.82, 2.24) is 0 Å². The van der Waals surface area contributed by atoms with Crippen molar-refractivity contribution in [3.05, 3.63) is 60.8 Å². The van der Waals surface area contributed by atoms with E-state index < -0.39 is 38.6 Å². The predicted octanol–water partition coefficient (Wildman–Crippen LogP) is 11.4. The predicted molar refractivity (Wildman–Crippen MR) is 235 cm³/mol. The summed E-state index contributed by atoms with van der Waals surface area (Å²) < 4.78 is 34.2. The van der Waals surface area contributed by atoms with Crippen LogP contribution in [0.5, 0.6) is 0 Å². The summed E-state index contributed by atoms with van der Waals surface area (Å²) in [6, 6.07) is 0. The third-order valence-corrected chi connectivity index (χ3v) is 10.1. The third-order valence-electron chi connectivity index (χ3n) is 9.10. The van der Waals surface area contributed by atoms with Gasteiger partial charge in [0.05, 0.1) is 33.9 Å². The fourth-order valence-electron chi connectivity index (χ4n) is 5.55. The summed E-state index contributed by atoms with van der Waals surface area (Å²) in [7, 11) is 1.40. The van der Waals surface area contributed by atoms with Crippen molar-refractivity contribution in [2.24, 2.45) is 0 Å². The van der Waals surface area contributed by atoms with Crippen LogP contribution in [0, 0.1) is 0 Å². The molecule has 11 heteroatoms. The van der Waals surface area contributed by atoms with E-state index in [1.54, 1.807) is 6.08 Å². The van der Waals surface area contributed by atoms with Gasteiger partial charge in [0.25, 0.3) is 0 Å². The molecule has 0 fully saturated rings. The van der Waals surface area contributed by atoms with Gasteiger partial charge in [-0.2, -0.15) is 0 Å². The summed E-state index contributed by atoms with van der Waals surface area (Å²) in [5.74, 6) is -0.912. The average molecular weight is 825 g/mol. The van der Waals surface area contributed by atoms with Crippen LogP contribution in [0.15, 0.2) is 60.8 Å². The minimum absolute atomic E-state index is 0.0102. The molecule has 0 saturated carbocycles. The summed E-state index contributed by atoms with van der Waals surface area (Å²) in [5.41, 5.74) is 0. The first-order valence-corrected chi connectivity index (χ1v) is 23.6. The zero-order valence-corrected chi connectivity index (χ0v) is 37.6. The summed E-state index contributed by atoms with van der Waals surface area (Å²) in [5, 5.41) is 10.0. The second kappa shape index (κ2) is 37.9. The topological polar surface area (TPSA) is 129 Å². The van der Waals surface area contributed by atoms with E-state index in [-0.39, 0.29) is 26.1 Å². The highest BCUT2D eigenvalue weighted by molar-refractivity contribution is 7.47. The maximum absolute atomic E-state index is 12.7. The minimum atomic E-state index is -4.40. The van der Waals surface area contributed by atoms with Crippen LogP contribution in [0.4, 0.5) is 0 Å². The fourth-order valence-corrected chi connectivity index (χ4v) is 6.30. The number of likely N-dealkylation sites (N-methyl/N-ethyl adjacent to an activating group) is 1. The van der Waals surface area contributed by atoms with Crippen LogP contribution in [-0.4, -0.2) is 86.1 Å². The molecule has 0 saturated heterocycles. The van der Waals surface area contributed by atoms with Crippen molar-refractivity contribution < 1.29 is 47.2 Å². The van der Waals surface area contributed by atoms with Crippen molar-refractivity contribution in [1.29, 1.82) is 0 Å². The molecular weight excluding hydrogens is 741 g/mol. The van der Waals surface area contributed by atoms with Gasteiger partial charge in [0, 0.05) is 12.8 Å². The number of hydrogen-bond donors (Lipinski definition) is 2. The number of aliphatic hydroxyl groups excluding tert-OH is 1. The maximum atomic E-state index is 12.7. The number of hydrogen-bond acceptors (Lipinski definition) is 8. The molecule has 0 rings (SSSR count). The van der Waals surface area contributed by atoms with Crippen LogP contribution in [0.25, 0.3) is 0 Å². The molecule has 0 heterocycles. The lowest BCUT2D eigenvalue weighted by Crippen LogP contribution is -2.37.